The Bertz CT molecular complexity index is 606. The van der Waals surface area contributed by atoms with Crippen molar-refractivity contribution < 1.29 is 14.3 Å². The Morgan fingerprint density at radius 3 is 2.83 bits per heavy atom. The molecule has 1 heterocycles. The number of carboxylic acid groups (broad SMARTS) is 1. The van der Waals surface area contributed by atoms with Crippen LogP contribution in [0.4, 0.5) is 4.39 Å². The number of carbonyl (C=O) groups is 1. The molecule has 18 heavy (non-hydrogen) atoms. The van der Waals surface area contributed by atoms with Crippen LogP contribution >= 0.6 is 27.7 Å². The van der Waals surface area contributed by atoms with Crippen LogP contribution in [0.15, 0.2) is 50.9 Å². The Balaban J connectivity index is 2.37. The summed E-state index contributed by atoms with van der Waals surface area (Å²) in [5, 5.41) is 9.26. The van der Waals surface area contributed by atoms with Gasteiger partial charge in [0.15, 0.2) is 0 Å². The molecule has 0 saturated heterocycles. The van der Waals surface area contributed by atoms with Crippen molar-refractivity contribution in [2.24, 2.45) is 0 Å². The van der Waals surface area contributed by atoms with E-state index < -0.39 is 11.8 Å². The minimum Gasteiger partial charge on any atom is -0.478 e. The number of hydrogen-bond acceptors (Lipinski definition) is 3. The van der Waals surface area contributed by atoms with Gasteiger partial charge in [0.25, 0.3) is 0 Å². The summed E-state index contributed by atoms with van der Waals surface area (Å²) in [6, 6.07) is 8.32. The van der Waals surface area contributed by atoms with E-state index in [1.54, 1.807) is 0 Å². The molecule has 0 aliphatic carbocycles. The Morgan fingerprint density at radius 1 is 1.39 bits per heavy atom. The Labute approximate surface area is 115 Å². The first kappa shape index (κ1) is 13.0. The lowest BCUT2D eigenvalue weighted by Gasteiger charge is -2.05. The second-order valence-electron chi connectivity index (χ2n) is 3.37. The molecule has 0 fully saturated rings. The number of rotatable bonds is 3. The number of aromatic nitrogens is 1. The highest BCUT2D eigenvalue weighted by atomic mass is 79.9. The van der Waals surface area contributed by atoms with Crippen LogP contribution in [-0.2, 0) is 0 Å². The Kier molecular flexibility index (Phi) is 3.98. The molecule has 3 nitrogen and oxygen atoms in total. The largest absolute Gasteiger partial charge is 0.478 e. The third-order valence-corrected chi connectivity index (χ3v) is 3.56. The van der Waals surface area contributed by atoms with Crippen molar-refractivity contribution in [1.29, 1.82) is 0 Å². The van der Waals surface area contributed by atoms with Gasteiger partial charge in [-0.25, -0.2) is 14.2 Å². The standard InChI is InChI=1S/C12H7BrFNO2S/c13-7-2-1-3-9(4-7)18-11-10(12(16)17)5-8(14)6-15-11/h1-6H,(H,16,17). The smallest absolute Gasteiger partial charge is 0.338 e. The van der Waals surface area contributed by atoms with Crippen molar-refractivity contribution >= 4 is 33.7 Å². The fraction of sp³-hybridized carbons (Fsp3) is 0. The van der Waals surface area contributed by atoms with Gasteiger partial charge in [0.1, 0.15) is 10.8 Å². The zero-order valence-electron chi connectivity index (χ0n) is 8.93. The molecule has 0 aliphatic heterocycles. The molecular formula is C12H7BrFNO2S. The summed E-state index contributed by atoms with van der Waals surface area (Å²) >= 11 is 4.50. The normalized spacial score (nSPS) is 10.3. The number of benzene rings is 1. The van der Waals surface area contributed by atoms with Crippen LogP contribution in [0, 0.1) is 5.82 Å². The van der Waals surface area contributed by atoms with Gasteiger partial charge in [0, 0.05) is 9.37 Å². The number of hydrogen-bond donors (Lipinski definition) is 1. The molecule has 0 spiro atoms. The van der Waals surface area contributed by atoms with Crippen LogP contribution in [0.25, 0.3) is 0 Å². The minimum atomic E-state index is -1.19. The average molecular weight is 328 g/mol. The van der Waals surface area contributed by atoms with E-state index in [4.69, 9.17) is 5.11 Å². The molecule has 1 aromatic heterocycles. The van der Waals surface area contributed by atoms with E-state index in [-0.39, 0.29) is 10.6 Å². The van der Waals surface area contributed by atoms with Gasteiger partial charge in [0.2, 0.25) is 0 Å². The number of aromatic carboxylic acids is 1. The number of carboxylic acids is 1. The van der Waals surface area contributed by atoms with Crippen LogP contribution < -0.4 is 0 Å². The van der Waals surface area contributed by atoms with Gasteiger partial charge in [-0.15, -0.1) is 0 Å². The van der Waals surface area contributed by atoms with Gasteiger partial charge in [-0.3, -0.25) is 0 Å². The van der Waals surface area contributed by atoms with E-state index in [0.29, 0.717) is 0 Å². The van der Waals surface area contributed by atoms with Crippen molar-refractivity contribution in [1.82, 2.24) is 4.98 Å². The maximum absolute atomic E-state index is 13.0. The van der Waals surface area contributed by atoms with Gasteiger partial charge in [-0.1, -0.05) is 33.8 Å². The lowest BCUT2D eigenvalue weighted by molar-refractivity contribution is 0.0691. The minimum absolute atomic E-state index is 0.139. The van der Waals surface area contributed by atoms with Gasteiger partial charge >= 0.3 is 5.97 Å². The van der Waals surface area contributed by atoms with Gasteiger partial charge in [-0.05, 0) is 24.3 Å². The first-order valence-electron chi connectivity index (χ1n) is 4.88. The van der Waals surface area contributed by atoms with Crippen LogP contribution in [0.5, 0.6) is 0 Å². The first-order chi connectivity index (χ1) is 8.56. The lowest BCUT2D eigenvalue weighted by Crippen LogP contribution is -2.01. The first-order valence-corrected chi connectivity index (χ1v) is 6.49. The van der Waals surface area contributed by atoms with Crippen molar-refractivity contribution in [2.45, 2.75) is 9.92 Å². The molecule has 0 unspecified atom stereocenters. The molecule has 2 aromatic rings. The summed E-state index contributed by atoms with van der Waals surface area (Å²) in [5.74, 6) is -1.86. The molecule has 0 radical (unpaired) electrons. The molecule has 0 saturated carbocycles. The molecule has 1 N–H and O–H groups in total. The van der Waals surface area contributed by atoms with Gasteiger partial charge in [0.05, 0.1) is 11.8 Å². The molecule has 0 bridgehead atoms. The van der Waals surface area contributed by atoms with Crippen molar-refractivity contribution in [3.63, 3.8) is 0 Å². The van der Waals surface area contributed by atoms with Crippen LogP contribution in [-0.4, -0.2) is 16.1 Å². The lowest BCUT2D eigenvalue weighted by atomic mass is 10.3. The van der Waals surface area contributed by atoms with E-state index in [0.717, 1.165) is 21.6 Å². The van der Waals surface area contributed by atoms with Gasteiger partial charge in [-0.2, -0.15) is 0 Å². The van der Waals surface area contributed by atoms with Crippen molar-refractivity contribution in [2.75, 3.05) is 0 Å². The molecule has 2 rings (SSSR count). The highest BCUT2D eigenvalue weighted by Crippen LogP contribution is 2.30. The molecule has 6 heteroatoms. The van der Waals surface area contributed by atoms with E-state index in [9.17, 15) is 9.18 Å². The molecule has 92 valence electrons. The van der Waals surface area contributed by atoms with E-state index in [1.807, 2.05) is 24.3 Å². The topological polar surface area (TPSA) is 50.2 Å². The summed E-state index contributed by atoms with van der Waals surface area (Å²) < 4.78 is 13.8. The fourth-order valence-electron chi connectivity index (χ4n) is 1.30. The molecule has 0 amide bonds. The van der Waals surface area contributed by atoms with E-state index in [1.165, 1.54) is 11.8 Å². The van der Waals surface area contributed by atoms with Crippen LogP contribution in [0.2, 0.25) is 0 Å². The summed E-state index contributed by atoms with van der Waals surface area (Å²) in [6.07, 6.45) is 1.01. The maximum atomic E-state index is 13.0. The Morgan fingerprint density at radius 2 is 2.17 bits per heavy atom. The predicted octanol–water partition coefficient (Wildman–Crippen LogP) is 3.83. The third-order valence-electron chi connectivity index (χ3n) is 2.06. The average Bonchev–Trinajstić information content (AvgIpc) is 2.31. The second-order valence-corrected chi connectivity index (χ2v) is 5.35. The summed E-state index contributed by atoms with van der Waals surface area (Å²) in [4.78, 5) is 15.6. The highest BCUT2D eigenvalue weighted by molar-refractivity contribution is 9.10. The number of nitrogens with zero attached hydrogens (tertiary/aromatic N) is 1. The summed E-state index contributed by atoms with van der Waals surface area (Å²) in [5.41, 5.74) is -0.139. The summed E-state index contributed by atoms with van der Waals surface area (Å²) in [7, 11) is 0. The van der Waals surface area contributed by atoms with Crippen molar-refractivity contribution in [3.8, 4) is 0 Å². The molecular weight excluding hydrogens is 321 g/mol. The molecule has 0 atom stereocenters. The SMILES string of the molecule is O=C(O)c1cc(F)cnc1Sc1cccc(Br)c1. The summed E-state index contributed by atoms with van der Waals surface area (Å²) in [6.45, 7) is 0. The third kappa shape index (κ3) is 3.08. The van der Waals surface area contributed by atoms with Gasteiger partial charge < -0.3 is 5.11 Å². The van der Waals surface area contributed by atoms with E-state index >= 15 is 0 Å². The monoisotopic (exact) mass is 327 g/mol. The quantitative estimate of drug-likeness (QED) is 0.930. The Hall–Kier alpha value is -1.40. The second kappa shape index (κ2) is 5.49. The maximum Gasteiger partial charge on any atom is 0.338 e. The highest BCUT2D eigenvalue weighted by Gasteiger charge is 2.14. The van der Waals surface area contributed by atoms with Crippen molar-refractivity contribution in [3.05, 3.63) is 52.4 Å². The van der Waals surface area contributed by atoms with Crippen LogP contribution in [0.1, 0.15) is 10.4 Å². The zero-order valence-corrected chi connectivity index (χ0v) is 11.3. The molecule has 0 aliphatic rings. The fourth-order valence-corrected chi connectivity index (χ4v) is 2.77. The predicted molar refractivity (Wildman–Crippen MR) is 69.4 cm³/mol. The number of pyridine rings is 1. The number of halogens is 2. The zero-order chi connectivity index (χ0) is 13.1. The van der Waals surface area contributed by atoms with E-state index in [2.05, 4.69) is 20.9 Å². The molecule has 1 aromatic carbocycles. The van der Waals surface area contributed by atoms with Crippen LogP contribution in [0.3, 0.4) is 0 Å².